The number of amides is 1. The average Bonchev–Trinajstić information content (AvgIpc) is 3.36. The normalized spacial score (nSPS) is 42.8. The Balaban J connectivity index is 1.13. The predicted octanol–water partition coefficient (Wildman–Crippen LogP) is -2.14. The maximum Gasteiger partial charge on any atom is 0.220 e. The summed E-state index contributed by atoms with van der Waals surface area (Å²) in [6.07, 6.45) is 12.0. The molecule has 4 aliphatic heterocycles. The van der Waals surface area contributed by atoms with Gasteiger partial charge in [0.15, 0.2) is 6.23 Å². The maximum atomic E-state index is 11.5. The molecule has 6 unspecified atom stereocenters. The monoisotopic (exact) mass is 408 g/mol. The second kappa shape index (κ2) is 8.77. The van der Waals surface area contributed by atoms with Crippen LogP contribution in [-0.2, 0) is 9.63 Å². The first-order valence-corrected chi connectivity index (χ1v) is 12.1. The van der Waals surface area contributed by atoms with E-state index in [1.165, 1.54) is 58.0 Å². The first-order valence-electron chi connectivity index (χ1n) is 12.1. The molecule has 5 fully saturated rings. The van der Waals surface area contributed by atoms with E-state index in [-0.39, 0.29) is 24.2 Å². The largest absolute Gasteiger partial charge is 0.369 e. The van der Waals surface area contributed by atoms with Gasteiger partial charge in [0.05, 0.1) is 25.3 Å². The van der Waals surface area contributed by atoms with E-state index in [2.05, 4.69) is 21.0 Å². The molecule has 4 heterocycles. The predicted molar refractivity (Wildman–Crippen MR) is 108 cm³/mol. The summed E-state index contributed by atoms with van der Waals surface area (Å²) in [6.45, 7) is 4.48. The van der Waals surface area contributed by atoms with E-state index in [1.54, 1.807) is 4.90 Å². The van der Waals surface area contributed by atoms with Gasteiger partial charge in [-0.3, -0.25) is 19.8 Å². The lowest BCUT2D eigenvalue weighted by Crippen LogP contribution is -3.19. The van der Waals surface area contributed by atoms with E-state index in [4.69, 9.17) is 10.6 Å². The minimum absolute atomic E-state index is 0.0745. The van der Waals surface area contributed by atoms with Crippen molar-refractivity contribution in [1.82, 2.24) is 15.7 Å². The van der Waals surface area contributed by atoms with Crippen LogP contribution in [0.1, 0.15) is 57.8 Å². The summed E-state index contributed by atoms with van der Waals surface area (Å²) in [4.78, 5) is 21.9. The molecule has 7 N–H and O–H groups in total. The van der Waals surface area contributed by atoms with Gasteiger partial charge in [-0.05, 0) is 32.1 Å². The second-order valence-electron chi connectivity index (χ2n) is 10.1. The van der Waals surface area contributed by atoms with Gasteiger partial charge in [-0.15, -0.1) is 0 Å². The van der Waals surface area contributed by atoms with E-state index in [0.717, 1.165) is 32.0 Å². The number of rotatable bonds is 5. The highest BCUT2D eigenvalue weighted by molar-refractivity contribution is 5.76. The highest BCUT2D eigenvalue weighted by Crippen LogP contribution is 2.25. The lowest BCUT2D eigenvalue weighted by Gasteiger charge is -2.40. The lowest BCUT2D eigenvalue weighted by molar-refractivity contribution is -0.946. The number of carbonyl (C=O) groups is 1. The van der Waals surface area contributed by atoms with Crippen LogP contribution >= 0.6 is 0 Å². The third-order valence-electron chi connectivity index (χ3n) is 8.51. The van der Waals surface area contributed by atoms with E-state index in [0.29, 0.717) is 18.1 Å². The molecule has 5 aliphatic rings. The van der Waals surface area contributed by atoms with Crippen molar-refractivity contribution in [2.24, 2.45) is 17.6 Å². The summed E-state index contributed by atoms with van der Waals surface area (Å²) in [6, 6.07) is 1.49. The Labute approximate surface area is 174 Å². The Kier molecular flexibility index (Phi) is 6.09. The van der Waals surface area contributed by atoms with Gasteiger partial charge < -0.3 is 16.0 Å². The van der Waals surface area contributed by atoms with Crippen molar-refractivity contribution in [3.05, 3.63) is 0 Å². The van der Waals surface area contributed by atoms with Crippen molar-refractivity contribution in [3.63, 3.8) is 0 Å². The van der Waals surface area contributed by atoms with Crippen molar-refractivity contribution in [3.8, 4) is 0 Å². The van der Waals surface area contributed by atoms with Gasteiger partial charge in [-0.25, -0.2) is 0 Å². The first-order chi connectivity index (χ1) is 14.2. The van der Waals surface area contributed by atoms with Gasteiger partial charge in [-0.1, -0.05) is 0 Å². The number of likely N-dealkylation sites (tertiary alicyclic amines) is 2. The van der Waals surface area contributed by atoms with Crippen LogP contribution < -0.4 is 26.7 Å². The van der Waals surface area contributed by atoms with Crippen molar-refractivity contribution < 1.29 is 19.8 Å². The minimum Gasteiger partial charge on any atom is -0.369 e. The molecule has 8 nitrogen and oxygen atoms in total. The SMILES string of the molecule is NC(=O)C1CCN(C2CC(C3NOC(C4CCC[NH+]4C4CCC4)N3)CC[NH2+]2)CC1. The fraction of sp³-hybridized carbons (Fsp3) is 0.952. The Morgan fingerprint density at radius 1 is 1.10 bits per heavy atom. The molecule has 0 bridgehead atoms. The number of carbonyl (C=O) groups excluding carboxylic acids is 1. The molecule has 4 saturated heterocycles. The summed E-state index contributed by atoms with van der Waals surface area (Å²) in [5.74, 6) is 0.547. The molecule has 5 rings (SSSR count). The van der Waals surface area contributed by atoms with Crippen LogP contribution in [0.3, 0.4) is 0 Å². The smallest absolute Gasteiger partial charge is 0.220 e. The number of hydrogen-bond acceptors (Lipinski definition) is 5. The molecule has 0 aromatic heterocycles. The maximum absolute atomic E-state index is 11.5. The molecule has 0 spiro atoms. The molecule has 1 saturated carbocycles. The van der Waals surface area contributed by atoms with Crippen molar-refractivity contribution in [2.75, 3.05) is 26.2 Å². The molecule has 0 aromatic carbocycles. The number of primary amides is 1. The van der Waals surface area contributed by atoms with Gasteiger partial charge in [-0.2, -0.15) is 5.48 Å². The van der Waals surface area contributed by atoms with E-state index < -0.39 is 0 Å². The Bertz CT molecular complexity index is 580. The highest BCUT2D eigenvalue weighted by Gasteiger charge is 2.47. The molecule has 164 valence electrons. The van der Waals surface area contributed by atoms with Gasteiger partial charge in [0.25, 0.3) is 0 Å². The summed E-state index contributed by atoms with van der Waals surface area (Å²) in [7, 11) is 0. The molecule has 1 amide bonds. The molecule has 0 aromatic rings. The standard InChI is InChI=1S/C21H38N6O2/c22-19(28)14-7-11-26(12-8-14)18-13-15(6-9-23-18)20-24-21(29-25-20)17-5-2-10-27(17)16-3-1-4-16/h14-18,20-21,23-25H,1-13H2,(H2,22,28)/p+2. The van der Waals surface area contributed by atoms with E-state index in [1.807, 2.05) is 0 Å². The number of nitrogens with two attached hydrogens (primary N) is 2. The minimum atomic E-state index is -0.123. The third kappa shape index (κ3) is 4.20. The number of nitrogens with zero attached hydrogens (tertiary/aromatic N) is 1. The molecular weight excluding hydrogens is 368 g/mol. The van der Waals surface area contributed by atoms with E-state index >= 15 is 0 Å². The summed E-state index contributed by atoms with van der Waals surface area (Å²) >= 11 is 0. The van der Waals surface area contributed by atoms with Gasteiger partial charge in [0, 0.05) is 50.6 Å². The molecule has 1 aliphatic carbocycles. The van der Waals surface area contributed by atoms with Crippen LogP contribution in [0.5, 0.6) is 0 Å². The summed E-state index contributed by atoms with van der Waals surface area (Å²) in [5.41, 5.74) is 8.88. The first kappa shape index (κ1) is 20.2. The Morgan fingerprint density at radius 3 is 2.66 bits per heavy atom. The number of nitrogens with one attached hydrogen (secondary N) is 3. The fourth-order valence-corrected chi connectivity index (χ4v) is 6.49. The fourth-order valence-electron chi connectivity index (χ4n) is 6.49. The zero-order valence-corrected chi connectivity index (χ0v) is 17.7. The van der Waals surface area contributed by atoms with Crippen LogP contribution in [0, 0.1) is 11.8 Å². The van der Waals surface area contributed by atoms with Crippen molar-refractivity contribution in [1.29, 1.82) is 0 Å². The quantitative estimate of drug-likeness (QED) is 0.358. The van der Waals surface area contributed by atoms with Gasteiger partial charge in [0.1, 0.15) is 12.2 Å². The zero-order chi connectivity index (χ0) is 19.8. The second-order valence-corrected chi connectivity index (χ2v) is 10.1. The molecule has 29 heavy (non-hydrogen) atoms. The number of hydroxylamine groups is 1. The number of piperidine rings is 2. The number of quaternary nitrogens is 2. The molecular formula is C21H40N6O2+2. The number of hydrogen-bond donors (Lipinski definition) is 5. The lowest BCUT2D eigenvalue weighted by atomic mass is 9.89. The zero-order valence-electron chi connectivity index (χ0n) is 17.7. The molecule has 6 atom stereocenters. The van der Waals surface area contributed by atoms with Crippen molar-refractivity contribution >= 4 is 5.91 Å². The third-order valence-corrected chi connectivity index (χ3v) is 8.51. The molecule has 8 heteroatoms. The average molecular weight is 409 g/mol. The van der Waals surface area contributed by atoms with Gasteiger partial charge in [0.2, 0.25) is 5.91 Å². The van der Waals surface area contributed by atoms with Crippen LogP contribution in [0.2, 0.25) is 0 Å². The summed E-state index contributed by atoms with van der Waals surface area (Å²) in [5, 5.41) is 6.33. The Hall–Kier alpha value is -0.770. The Morgan fingerprint density at radius 2 is 1.93 bits per heavy atom. The summed E-state index contributed by atoms with van der Waals surface area (Å²) < 4.78 is 0. The highest BCUT2D eigenvalue weighted by atomic mass is 16.7. The van der Waals surface area contributed by atoms with Crippen LogP contribution in [0.15, 0.2) is 0 Å². The van der Waals surface area contributed by atoms with Crippen LogP contribution in [-0.4, -0.2) is 67.6 Å². The van der Waals surface area contributed by atoms with Crippen molar-refractivity contribution in [2.45, 2.75) is 88.4 Å². The topological polar surface area (TPSA) is 101 Å². The van der Waals surface area contributed by atoms with Gasteiger partial charge >= 0.3 is 0 Å². The van der Waals surface area contributed by atoms with Crippen LogP contribution in [0.25, 0.3) is 0 Å². The molecule has 0 radical (unpaired) electrons. The van der Waals surface area contributed by atoms with Crippen LogP contribution in [0.4, 0.5) is 0 Å². The van der Waals surface area contributed by atoms with E-state index in [9.17, 15) is 4.79 Å².